The minimum Gasteiger partial charge on any atom is -0.408 e. The summed E-state index contributed by atoms with van der Waals surface area (Å²) < 4.78 is 6.81. The molecule has 0 aliphatic carbocycles. The van der Waals surface area contributed by atoms with E-state index < -0.39 is 0 Å². The van der Waals surface area contributed by atoms with Gasteiger partial charge in [-0.05, 0) is 50.6 Å². The summed E-state index contributed by atoms with van der Waals surface area (Å²) in [6.07, 6.45) is 0.818. The number of hydrogen-bond donors (Lipinski definition) is 2. The lowest BCUT2D eigenvalue weighted by molar-refractivity contribution is 0.0911. The van der Waals surface area contributed by atoms with Crippen molar-refractivity contribution in [1.82, 2.24) is 9.88 Å². The molecule has 0 fully saturated rings. The molecule has 3 aromatic rings. The number of hydrogen-bond acceptors (Lipinski definition) is 4. The Balaban J connectivity index is 1.65. The summed E-state index contributed by atoms with van der Waals surface area (Å²) in [4.78, 5) is 24.4. The highest BCUT2D eigenvalue weighted by atomic mass is 35.5. The summed E-state index contributed by atoms with van der Waals surface area (Å²) in [5, 5.41) is 6.57. The maximum absolute atomic E-state index is 12.4. The molecule has 0 radical (unpaired) electrons. The van der Waals surface area contributed by atoms with Gasteiger partial charge >= 0.3 is 5.76 Å². The van der Waals surface area contributed by atoms with Gasteiger partial charge in [-0.15, -0.1) is 0 Å². The van der Waals surface area contributed by atoms with E-state index in [-0.39, 0.29) is 17.2 Å². The van der Waals surface area contributed by atoms with E-state index in [1.807, 2.05) is 39.0 Å². The Morgan fingerprint density at radius 3 is 2.68 bits per heavy atom. The first-order valence-corrected chi connectivity index (χ1v) is 9.63. The highest BCUT2D eigenvalue weighted by molar-refractivity contribution is 6.34. The lowest BCUT2D eigenvalue weighted by atomic mass is 10.0. The van der Waals surface area contributed by atoms with Gasteiger partial charge in [-0.2, -0.15) is 0 Å². The maximum atomic E-state index is 12.4. The number of carbonyl (C=O) groups is 1. The molecule has 7 heteroatoms. The molecule has 0 saturated carbocycles. The molecule has 2 N–H and O–H groups in total. The first-order valence-electron chi connectivity index (χ1n) is 9.25. The Labute approximate surface area is 168 Å². The van der Waals surface area contributed by atoms with E-state index in [4.69, 9.17) is 16.0 Å². The van der Waals surface area contributed by atoms with Crippen LogP contribution < -0.4 is 16.4 Å². The van der Waals surface area contributed by atoms with Gasteiger partial charge in [-0.3, -0.25) is 9.36 Å². The predicted octanol–water partition coefficient (Wildman–Crippen LogP) is 4.28. The molecule has 1 amide bonds. The van der Waals surface area contributed by atoms with Crippen LogP contribution in [0.15, 0.2) is 51.7 Å². The smallest absolute Gasteiger partial charge is 0.408 e. The average molecular weight is 402 g/mol. The molecule has 0 aliphatic heterocycles. The molecule has 0 bridgehead atoms. The largest absolute Gasteiger partial charge is 0.420 e. The zero-order valence-corrected chi connectivity index (χ0v) is 17.0. The lowest BCUT2D eigenvalue weighted by Gasteiger charge is -2.24. The summed E-state index contributed by atoms with van der Waals surface area (Å²) in [5.41, 5.74) is 2.25. The second-order valence-corrected chi connectivity index (χ2v) is 7.71. The van der Waals surface area contributed by atoms with Crippen molar-refractivity contribution in [3.05, 3.63) is 63.6 Å². The van der Waals surface area contributed by atoms with Crippen LogP contribution in [0.1, 0.15) is 37.6 Å². The second kappa shape index (κ2) is 8.10. The number of nitrogens with one attached hydrogen (secondary N) is 2. The van der Waals surface area contributed by atoms with Crippen LogP contribution in [0, 0.1) is 0 Å². The van der Waals surface area contributed by atoms with Crippen LogP contribution in [-0.2, 0) is 6.54 Å². The molecule has 0 saturated heterocycles. The molecule has 3 rings (SSSR count). The van der Waals surface area contributed by atoms with Crippen molar-refractivity contribution in [3.63, 3.8) is 0 Å². The van der Waals surface area contributed by atoms with Crippen LogP contribution in [0.2, 0.25) is 5.02 Å². The van der Waals surface area contributed by atoms with Gasteiger partial charge in [0.1, 0.15) is 0 Å². The minimum atomic E-state index is -0.383. The van der Waals surface area contributed by atoms with Crippen LogP contribution in [0.4, 0.5) is 5.69 Å². The van der Waals surface area contributed by atoms with Gasteiger partial charge in [0, 0.05) is 24.3 Å². The van der Waals surface area contributed by atoms with E-state index in [2.05, 4.69) is 10.6 Å². The summed E-state index contributed by atoms with van der Waals surface area (Å²) >= 11 is 6.31. The van der Waals surface area contributed by atoms with E-state index in [1.54, 1.807) is 28.8 Å². The number of aromatic nitrogens is 1. The molecule has 0 aliphatic rings. The zero-order chi connectivity index (χ0) is 20.3. The van der Waals surface area contributed by atoms with E-state index in [0.717, 1.165) is 17.6 Å². The van der Waals surface area contributed by atoms with Crippen molar-refractivity contribution in [2.45, 2.75) is 39.3 Å². The van der Waals surface area contributed by atoms with Crippen molar-refractivity contribution in [2.75, 3.05) is 11.9 Å². The Bertz CT molecular complexity index is 1050. The molecule has 0 unspecified atom stereocenters. The maximum Gasteiger partial charge on any atom is 0.420 e. The topological polar surface area (TPSA) is 76.3 Å². The number of halogens is 1. The number of oxazole rings is 1. The molecule has 148 valence electrons. The number of nitrogens with zero attached hydrogens (tertiary/aromatic N) is 1. The Kier molecular flexibility index (Phi) is 5.79. The second-order valence-electron chi connectivity index (χ2n) is 7.30. The Morgan fingerprint density at radius 1 is 1.21 bits per heavy atom. The predicted molar refractivity (Wildman–Crippen MR) is 112 cm³/mol. The van der Waals surface area contributed by atoms with Crippen molar-refractivity contribution in [2.24, 2.45) is 0 Å². The van der Waals surface area contributed by atoms with Gasteiger partial charge in [0.15, 0.2) is 5.58 Å². The quantitative estimate of drug-likeness (QED) is 0.619. The highest BCUT2D eigenvalue weighted by Crippen LogP contribution is 2.22. The number of para-hydroxylation sites is 2. The number of fused-ring (bicyclic) bond motifs is 1. The van der Waals surface area contributed by atoms with Crippen LogP contribution in [0.25, 0.3) is 11.1 Å². The van der Waals surface area contributed by atoms with Gasteiger partial charge in [-0.1, -0.05) is 30.7 Å². The monoisotopic (exact) mass is 401 g/mol. The zero-order valence-electron chi connectivity index (χ0n) is 16.2. The van der Waals surface area contributed by atoms with Gasteiger partial charge in [0.05, 0.1) is 16.1 Å². The number of rotatable bonds is 7. The van der Waals surface area contributed by atoms with Crippen molar-refractivity contribution in [1.29, 1.82) is 0 Å². The van der Waals surface area contributed by atoms with E-state index in [9.17, 15) is 9.59 Å². The standard InChI is InChI=1S/C21H24ClN3O3/c1-4-21(2,3)24-19(26)15-10-9-14(13-16(15)22)23-11-12-25-17-7-5-6-8-18(17)28-20(25)27/h5-10,13,23H,4,11-12H2,1-3H3,(H,24,26). The SMILES string of the molecule is CCC(C)(C)NC(=O)c1ccc(NCCn2c(=O)oc3ccccc32)cc1Cl. The number of amides is 1. The van der Waals surface area contributed by atoms with E-state index >= 15 is 0 Å². The fourth-order valence-electron chi connectivity index (χ4n) is 2.81. The first kappa shape index (κ1) is 20.0. The summed E-state index contributed by atoms with van der Waals surface area (Å²) in [6, 6.07) is 12.5. The third-order valence-corrected chi connectivity index (χ3v) is 5.10. The Morgan fingerprint density at radius 2 is 1.96 bits per heavy atom. The Hall–Kier alpha value is -2.73. The third-order valence-electron chi connectivity index (χ3n) is 4.79. The number of anilines is 1. The van der Waals surface area contributed by atoms with Crippen molar-refractivity contribution < 1.29 is 9.21 Å². The van der Waals surface area contributed by atoms with Gasteiger partial charge < -0.3 is 15.1 Å². The van der Waals surface area contributed by atoms with Crippen LogP contribution in [-0.4, -0.2) is 22.6 Å². The van der Waals surface area contributed by atoms with Crippen molar-refractivity contribution >= 4 is 34.3 Å². The van der Waals surface area contributed by atoms with E-state index in [0.29, 0.717) is 29.3 Å². The summed E-state index contributed by atoms with van der Waals surface area (Å²) in [5.74, 6) is -0.577. The fraction of sp³-hybridized carbons (Fsp3) is 0.333. The lowest BCUT2D eigenvalue weighted by Crippen LogP contribution is -2.42. The molecular formula is C21H24ClN3O3. The van der Waals surface area contributed by atoms with Crippen molar-refractivity contribution in [3.8, 4) is 0 Å². The fourth-order valence-corrected chi connectivity index (χ4v) is 3.08. The van der Waals surface area contributed by atoms with E-state index in [1.165, 1.54) is 0 Å². The molecule has 0 spiro atoms. The molecule has 28 heavy (non-hydrogen) atoms. The first-order chi connectivity index (χ1) is 13.3. The normalized spacial score (nSPS) is 11.6. The van der Waals surface area contributed by atoms with Gasteiger partial charge in [-0.25, -0.2) is 4.79 Å². The molecule has 6 nitrogen and oxygen atoms in total. The molecule has 1 heterocycles. The van der Waals surface area contributed by atoms with Gasteiger partial charge in [0.25, 0.3) is 5.91 Å². The summed E-state index contributed by atoms with van der Waals surface area (Å²) in [6.45, 7) is 6.91. The minimum absolute atomic E-state index is 0.195. The number of carbonyl (C=O) groups excluding carboxylic acids is 1. The molecule has 1 aromatic heterocycles. The van der Waals surface area contributed by atoms with Crippen LogP contribution in [0.5, 0.6) is 0 Å². The van der Waals surface area contributed by atoms with Crippen LogP contribution in [0.3, 0.4) is 0 Å². The van der Waals surface area contributed by atoms with Gasteiger partial charge in [0.2, 0.25) is 0 Å². The highest BCUT2D eigenvalue weighted by Gasteiger charge is 2.20. The number of benzene rings is 2. The molecule has 2 aromatic carbocycles. The molecular weight excluding hydrogens is 378 g/mol. The third kappa shape index (κ3) is 4.39. The molecule has 0 atom stereocenters. The average Bonchev–Trinajstić information content (AvgIpc) is 2.97. The van der Waals surface area contributed by atoms with Crippen LogP contribution >= 0.6 is 11.6 Å². The summed E-state index contributed by atoms with van der Waals surface area (Å²) in [7, 11) is 0.